The van der Waals surface area contributed by atoms with E-state index in [0.717, 1.165) is 9.80 Å². The van der Waals surface area contributed by atoms with Crippen molar-refractivity contribution < 1.29 is 62.6 Å². The highest BCUT2D eigenvalue weighted by Gasteiger charge is 2.44. The van der Waals surface area contributed by atoms with Crippen LogP contribution >= 0.6 is 0 Å². The Kier molecular flexibility index (Phi) is 30.2. The average molecular weight is 1240 g/mol. The van der Waals surface area contributed by atoms with Crippen molar-refractivity contribution in [3.63, 3.8) is 0 Å². The molecule has 1 aliphatic rings. The van der Waals surface area contributed by atoms with Gasteiger partial charge in [0.25, 0.3) is 0 Å². The predicted octanol–water partition coefficient (Wildman–Crippen LogP) is 2.82. The van der Waals surface area contributed by atoms with Gasteiger partial charge in [-0.3, -0.25) is 52.7 Å². The second-order valence-corrected chi connectivity index (χ2v) is 26.6. The molecule has 1 aliphatic heterocycles. The van der Waals surface area contributed by atoms with Gasteiger partial charge < -0.3 is 65.4 Å². The lowest BCUT2D eigenvalue weighted by atomic mass is 9.94. The molecule has 1 fully saturated rings. The molecule has 0 spiro atoms. The first-order chi connectivity index (χ1) is 40.6. The summed E-state index contributed by atoms with van der Waals surface area (Å²) in [5, 5.41) is 22.4. The van der Waals surface area contributed by atoms with Crippen molar-refractivity contribution in [1.82, 2.24) is 55.6 Å². The van der Waals surface area contributed by atoms with Gasteiger partial charge in [0.1, 0.15) is 60.4 Å². The van der Waals surface area contributed by atoms with Gasteiger partial charge in [0, 0.05) is 68.2 Å². The Balaban J connectivity index is 2.94. The van der Waals surface area contributed by atoms with E-state index in [-0.39, 0.29) is 56.5 Å². The molecule has 0 bridgehead atoms. The van der Waals surface area contributed by atoms with Crippen molar-refractivity contribution >= 4 is 65.0 Å². The Morgan fingerprint density at radius 3 is 1.39 bits per heavy atom. The first-order valence-electron chi connectivity index (χ1n) is 31.0. The first kappa shape index (κ1) is 77.4. The molecule has 0 unspecified atom stereocenters. The van der Waals surface area contributed by atoms with Crippen molar-refractivity contribution in [2.75, 3.05) is 55.9 Å². The maximum Gasteiger partial charge on any atom is 0.248 e. The normalized spacial score (nSPS) is 27.2. The molecule has 498 valence electrons. The summed E-state index contributed by atoms with van der Waals surface area (Å²) in [6, 6.07) is -4.66. The number of likely N-dealkylation sites (N-methyl/N-ethyl adjacent to an activating group) is 7. The molecule has 0 saturated carbocycles. The van der Waals surface area contributed by atoms with E-state index in [2.05, 4.69) is 21.3 Å². The third kappa shape index (κ3) is 21.8. The highest BCUT2D eigenvalue weighted by molar-refractivity contribution is 5.99. The molecule has 13 atom stereocenters. The molecule has 1 aromatic rings. The Morgan fingerprint density at radius 2 is 0.932 bits per heavy atom. The molecule has 0 aliphatic carbocycles. The second-order valence-electron chi connectivity index (χ2n) is 26.6. The molecule has 0 radical (unpaired) electrons. The summed E-state index contributed by atoms with van der Waals surface area (Å²) in [7, 11) is 9.85. The molecular formula is C64H109N11O13. The Labute approximate surface area is 524 Å². The van der Waals surface area contributed by atoms with E-state index in [0.29, 0.717) is 12.0 Å². The number of ether oxygens (including phenoxy) is 1. The molecule has 11 amide bonds. The minimum absolute atomic E-state index is 0.00115. The van der Waals surface area contributed by atoms with E-state index in [1.165, 1.54) is 102 Å². The third-order valence-electron chi connectivity index (χ3n) is 16.6. The second kappa shape index (κ2) is 34.3. The Morgan fingerprint density at radius 1 is 0.511 bits per heavy atom. The van der Waals surface area contributed by atoms with E-state index in [1.807, 2.05) is 48.5 Å². The summed E-state index contributed by atoms with van der Waals surface area (Å²) in [6.45, 7) is 27.0. The predicted molar refractivity (Wildman–Crippen MR) is 336 cm³/mol. The quantitative estimate of drug-likeness (QED) is 0.190. The van der Waals surface area contributed by atoms with Crippen LogP contribution < -0.4 is 21.3 Å². The number of aliphatic hydroxyl groups is 1. The molecule has 2 rings (SSSR count). The van der Waals surface area contributed by atoms with Crippen molar-refractivity contribution in [3.05, 3.63) is 35.9 Å². The molecule has 24 heteroatoms. The SMILES string of the molecule is CC[C@H](C)[C@H]1C(=O)N(C)[C@@H](C)C(=O)N(C)[C@@H](CC(C)C)C(=O)N[C@@H](COC(C)(C)C)C(=O)N(C)[C@@H](CC(C)C)C(=O)N[C@@H](C)CC(=O)N(C)[C@@H](C)C(=O)N(C)[C@@H](Cc2ccccc2)C(=O)N[C@@H](C)C(=O)N(C)[C@@H](CC(C)C)C(=O)N[C@@H]([C@@H](C)O)C(=O)N1C. The summed E-state index contributed by atoms with van der Waals surface area (Å²) in [6.07, 6.45) is -1.06. The monoisotopic (exact) mass is 1240 g/mol. The zero-order chi connectivity index (χ0) is 67.7. The van der Waals surface area contributed by atoms with Crippen LogP contribution in [0, 0.1) is 23.7 Å². The van der Waals surface area contributed by atoms with Crippen molar-refractivity contribution in [2.45, 2.75) is 227 Å². The summed E-state index contributed by atoms with van der Waals surface area (Å²) < 4.78 is 6.11. The number of benzene rings is 1. The molecule has 24 nitrogen and oxygen atoms in total. The fourth-order valence-electron chi connectivity index (χ4n) is 10.6. The summed E-state index contributed by atoms with van der Waals surface area (Å²) >= 11 is 0. The summed E-state index contributed by atoms with van der Waals surface area (Å²) in [4.78, 5) is 169. The molecule has 0 aromatic heterocycles. The number of nitrogens with zero attached hydrogens (tertiary/aromatic N) is 7. The number of rotatable bonds is 13. The topological polar surface area (TPSA) is 288 Å². The molecular weight excluding hydrogens is 1130 g/mol. The van der Waals surface area contributed by atoms with Gasteiger partial charge in [-0.25, -0.2) is 0 Å². The fraction of sp³-hybridized carbons (Fsp3) is 0.734. The van der Waals surface area contributed by atoms with E-state index < -0.39 is 149 Å². The minimum atomic E-state index is -1.64. The zero-order valence-corrected chi connectivity index (χ0v) is 57.1. The number of amides is 11. The van der Waals surface area contributed by atoms with Crippen LogP contribution in [0.5, 0.6) is 0 Å². The van der Waals surface area contributed by atoms with E-state index >= 15 is 0 Å². The van der Waals surface area contributed by atoms with Crippen molar-refractivity contribution in [3.8, 4) is 0 Å². The third-order valence-corrected chi connectivity index (χ3v) is 16.6. The largest absolute Gasteiger partial charge is 0.391 e. The molecule has 1 saturated heterocycles. The molecule has 88 heavy (non-hydrogen) atoms. The van der Waals surface area contributed by atoms with Crippen LogP contribution in [-0.2, 0) is 63.9 Å². The number of hydrogen-bond donors (Lipinski definition) is 5. The van der Waals surface area contributed by atoms with Crippen LogP contribution in [0.3, 0.4) is 0 Å². The fourth-order valence-corrected chi connectivity index (χ4v) is 10.6. The van der Waals surface area contributed by atoms with Gasteiger partial charge >= 0.3 is 0 Å². The van der Waals surface area contributed by atoms with Crippen LogP contribution in [0.25, 0.3) is 0 Å². The number of hydrogen-bond acceptors (Lipinski definition) is 13. The van der Waals surface area contributed by atoms with Gasteiger partial charge in [-0.1, -0.05) is 92.1 Å². The Hall–Kier alpha value is -6.69. The van der Waals surface area contributed by atoms with Crippen LogP contribution in [0.15, 0.2) is 30.3 Å². The molecule has 1 heterocycles. The van der Waals surface area contributed by atoms with Gasteiger partial charge in [-0.15, -0.1) is 0 Å². The number of aliphatic hydroxyl groups excluding tert-OH is 1. The number of nitrogens with one attached hydrogen (secondary N) is 4. The van der Waals surface area contributed by atoms with E-state index in [4.69, 9.17) is 4.74 Å². The number of carbonyl (C=O) groups excluding carboxylic acids is 11. The lowest BCUT2D eigenvalue weighted by molar-refractivity contribution is -0.154. The van der Waals surface area contributed by atoms with Gasteiger partial charge in [0.2, 0.25) is 65.0 Å². The van der Waals surface area contributed by atoms with Crippen LogP contribution in [0.4, 0.5) is 0 Å². The summed E-state index contributed by atoms with van der Waals surface area (Å²) in [5.41, 5.74) is -0.118. The van der Waals surface area contributed by atoms with Crippen molar-refractivity contribution in [1.29, 1.82) is 0 Å². The Bertz CT molecular complexity index is 2560. The maximum atomic E-state index is 14.9. The van der Waals surface area contributed by atoms with Gasteiger partial charge in [0.05, 0.1) is 18.3 Å². The van der Waals surface area contributed by atoms with E-state index in [1.54, 1.807) is 65.0 Å². The van der Waals surface area contributed by atoms with Gasteiger partial charge in [-0.05, 0) is 104 Å². The highest BCUT2D eigenvalue weighted by atomic mass is 16.5. The standard InChI is InChI=1S/C64H109N11O13/c1-24-39(8)53-63(87)70(18)43(12)60(84)72(20)48(31-37(4)5)56(80)67-46(35-88-64(14,15)16)61(85)74(22)47(30-36(2)3)54(78)65-40(9)33-51(77)69(17)42(11)59(83)73(21)50(34-45-28-26-25-27-29-45)55(79)66-41(10)58(82)71(19)49(32-38(6)7)57(81)68-52(44(13)76)62(86)75(53)23/h25-29,36-44,46-50,52-53,76H,24,30-35H2,1-23H3,(H,65,78)(H,66,79)(H,67,80)(H,68,81)/t39-,40-,41-,42-,43-,44+,46-,47-,48-,49-,50-,52-,53-/m0/s1. The van der Waals surface area contributed by atoms with Crippen LogP contribution in [0.2, 0.25) is 0 Å². The first-order valence-corrected chi connectivity index (χ1v) is 31.0. The zero-order valence-electron chi connectivity index (χ0n) is 57.1. The van der Waals surface area contributed by atoms with Gasteiger partial charge in [0.15, 0.2) is 0 Å². The van der Waals surface area contributed by atoms with Crippen molar-refractivity contribution in [2.24, 2.45) is 23.7 Å². The van der Waals surface area contributed by atoms with Gasteiger partial charge in [-0.2, -0.15) is 0 Å². The minimum Gasteiger partial charge on any atom is -0.391 e. The average Bonchev–Trinajstić information content (AvgIpc) is 3.58. The van der Waals surface area contributed by atoms with E-state index in [9.17, 15) is 57.8 Å². The maximum absolute atomic E-state index is 14.9. The molecule has 1 aromatic carbocycles. The van der Waals surface area contributed by atoms with Crippen LogP contribution in [0.1, 0.15) is 148 Å². The van der Waals surface area contributed by atoms with Crippen LogP contribution in [-0.4, -0.2) is 238 Å². The highest BCUT2D eigenvalue weighted by Crippen LogP contribution is 2.23. The summed E-state index contributed by atoms with van der Waals surface area (Å²) in [5.74, 6) is -8.57. The smallest absolute Gasteiger partial charge is 0.248 e. The molecule has 5 N–H and O–H groups in total. The lowest BCUT2D eigenvalue weighted by Crippen LogP contribution is -2.63. The number of carbonyl (C=O) groups is 11. The lowest BCUT2D eigenvalue weighted by Gasteiger charge is -2.39.